The zero-order chi connectivity index (χ0) is 9.90. The molecule has 1 aliphatic heterocycles. The number of aliphatic hydroxyl groups excluding tert-OH is 1. The maximum atomic E-state index is 11.3. The van der Waals surface area contributed by atoms with Gasteiger partial charge < -0.3 is 15.3 Å². The van der Waals surface area contributed by atoms with E-state index in [2.05, 4.69) is 5.32 Å². The van der Waals surface area contributed by atoms with Gasteiger partial charge in [0.05, 0.1) is 18.6 Å². The first-order valence-electron chi connectivity index (χ1n) is 4.20. The maximum Gasteiger partial charge on any atom is 0.224 e. The molecule has 0 aromatic heterocycles. The molecule has 1 unspecified atom stereocenters. The van der Waals surface area contributed by atoms with E-state index in [1.807, 2.05) is 0 Å². The molecule has 0 aromatic carbocycles. The Balaban J connectivity index is 2.68. The first-order valence-corrected chi connectivity index (χ1v) is 4.20. The number of carbonyl (C=O) groups excluding carboxylic acids is 2. The lowest BCUT2D eigenvalue weighted by Gasteiger charge is -2.38. The number of hydrogen-bond donors (Lipinski definition) is 2. The minimum atomic E-state index is -0.731. The summed E-state index contributed by atoms with van der Waals surface area (Å²) in [5.41, 5.74) is -0.731. The van der Waals surface area contributed by atoms with Gasteiger partial charge in [-0.2, -0.15) is 0 Å². The van der Waals surface area contributed by atoms with Gasteiger partial charge in [-0.3, -0.25) is 9.59 Å². The van der Waals surface area contributed by atoms with Crippen molar-refractivity contribution in [3.63, 3.8) is 0 Å². The minimum Gasteiger partial charge on any atom is -0.394 e. The highest BCUT2D eigenvalue weighted by Crippen LogP contribution is 2.21. The standard InChI is InChI=1S/C8H14N2O3/c1-10-3-2-8(5-11,9-6-12)4-7(10)13/h6,11H,2-5H2,1H3,(H,9,12). The number of rotatable bonds is 3. The summed E-state index contributed by atoms with van der Waals surface area (Å²) < 4.78 is 0. The van der Waals surface area contributed by atoms with Gasteiger partial charge in [0.25, 0.3) is 0 Å². The summed E-state index contributed by atoms with van der Waals surface area (Å²) in [6, 6.07) is 0. The molecule has 2 amide bonds. The van der Waals surface area contributed by atoms with E-state index in [1.165, 1.54) is 0 Å². The second-order valence-corrected chi connectivity index (χ2v) is 3.44. The first-order chi connectivity index (χ1) is 6.13. The van der Waals surface area contributed by atoms with Crippen molar-refractivity contribution in [2.75, 3.05) is 20.2 Å². The Morgan fingerprint density at radius 3 is 2.92 bits per heavy atom. The van der Waals surface area contributed by atoms with E-state index in [1.54, 1.807) is 11.9 Å². The van der Waals surface area contributed by atoms with Crippen molar-refractivity contribution >= 4 is 12.3 Å². The Labute approximate surface area is 76.7 Å². The van der Waals surface area contributed by atoms with Crippen LogP contribution in [-0.4, -0.2) is 48.1 Å². The van der Waals surface area contributed by atoms with Gasteiger partial charge in [-0.1, -0.05) is 0 Å². The minimum absolute atomic E-state index is 0.0466. The summed E-state index contributed by atoms with van der Waals surface area (Å²) in [6.07, 6.45) is 1.32. The monoisotopic (exact) mass is 186 g/mol. The Bertz CT molecular complexity index is 219. The molecule has 2 N–H and O–H groups in total. The van der Waals surface area contributed by atoms with Gasteiger partial charge in [0, 0.05) is 13.6 Å². The molecular weight excluding hydrogens is 172 g/mol. The van der Waals surface area contributed by atoms with E-state index in [0.29, 0.717) is 19.4 Å². The van der Waals surface area contributed by atoms with E-state index >= 15 is 0 Å². The van der Waals surface area contributed by atoms with Crippen molar-refractivity contribution in [2.45, 2.75) is 18.4 Å². The number of piperidine rings is 1. The van der Waals surface area contributed by atoms with Crippen LogP contribution in [0.1, 0.15) is 12.8 Å². The SMILES string of the molecule is CN1CCC(CO)(NC=O)CC1=O. The summed E-state index contributed by atoms with van der Waals surface area (Å²) in [6.45, 7) is 0.381. The molecule has 1 aliphatic rings. The van der Waals surface area contributed by atoms with E-state index in [0.717, 1.165) is 0 Å². The van der Waals surface area contributed by atoms with Gasteiger partial charge in [0.2, 0.25) is 12.3 Å². The summed E-state index contributed by atoms with van der Waals surface area (Å²) in [4.78, 5) is 23.2. The highest BCUT2D eigenvalue weighted by molar-refractivity contribution is 5.78. The molecule has 0 bridgehead atoms. The van der Waals surface area contributed by atoms with E-state index in [-0.39, 0.29) is 18.9 Å². The number of nitrogens with zero attached hydrogens (tertiary/aromatic N) is 1. The first kappa shape index (κ1) is 9.98. The van der Waals surface area contributed by atoms with Crippen LogP contribution in [0.5, 0.6) is 0 Å². The van der Waals surface area contributed by atoms with Gasteiger partial charge in [0.1, 0.15) is 0 Å². The van der Waals surface area contributed by atoms with Crippen molar-refractivity contribution < 1.29 is 14.7 Å². The summed E-state index contributed by atoms with van der Waals surface area (Å²) in [7, 11) is 1.71. The second-order valence-electron chi connectivity index (χ2n) is 3.44. The van der Waals surface area contributed by atoms with E-state index in [9.17, 15) is 9.59 Å². The zero-order valence-corrected chi connectivity index (χ0v) is 7.62. The Hall–Kier alpha value is -1.10. The van der Waals surface area contributed by atoms with Crippen molar-refractivity contribution in [3.8, 4) is 0 Å². The van der Waals surface area contributed by atoms with Crippen LogP contribution < -0.4 is 5.32 Å². The number of nitrogens with one attached hydrogen (secondary N) is 1. The third-order valence-corrected chi connectivity index (χ3v) is 2.51. The summed E-state index contributed by atoms with van der Waals surface area (Å²) in [5, 5.41) is 11.6. The van der Waals surface area contributed by atoms with Crippen LogP contribution in [0.2, 0.25) is 0 Å². The van der Waals surface area contributed by atoms with Crippen molar-refractivity contribution in [3.05, 3.63) is 0 Å². The molecule has 5 heteroatoms. The van der Waals surface area contributed by atoms with Gasteiger partial charge in [-0.25, -0.2) is 0 Å². The third-order valence-electron chi connectivity index (χ3n) is 2.51. The highest BCUT2D eigenvalue weighted by Gasteiger charge is 2.36. The Morgan fingerprint density at radius 1 is 1.77 bits per heavy atom. The zero-order valence-electron chi connectivity index (χ0n) is 7.62. The number of hydrogen-bond acceptors (Lipinski definition) is 3. The molecule has 1 fully saturated rings. The molecule has 0 aliphatic carbocycles. The molecule has 0 aromatic rings. The van der Waals surface area contributed by atoms with Gasteiger partial charge in [-0.15, -0.1) is 0 Å². The van der Waals surface area contributed by atoms with Gasteiger partial charge >= 0.3 is 0 Å². The molecule has 1 atom stereocenters. The van der Waals surface area contributed by atoms with Crippen LogP contribution in [-0.2, 0) is 9.59 Å². The van der Waals surface area contributed by atoms with E-state index in [4.69, 9.17) is 5.11 Å². The molecule has 1 heterocycles. The largest absolute Gasteiger partial charge is 0.394 e. The predicted molar refractivity (Wildman–Crippen MR) is 45.9 cm³/mol. The maximum absolute atomic E-state index is 11.3. The number of amides is 2. The number of carbonyl (C=O) groups is 2. The number of likely N-dealkylation sites (tertiary alicyclic amines) is 1. The smallest absolute Gasteiger partial charge is 0.224 e. The van der Waals surface area contributed by atoms with Crippen molar-refractivity contribution in [1.82, 2.24) is 10.2 Å². The highest BCUT2D eigenvalue weighted by atomic mass is 16.3. The van der Waals surface area contributed by atoms with Crippen LogP contribution in [0.3, 0.4) is 0 Å². The van der Waals surface area contributed by atoms with Crippen molar-refractivity contribution in [2.24, 2.45) is 0 Å². The molecule has 1 saturated heterocycles. The molecule has 0 spiro atoms. The van der Waals surface area contributed by atoms with Gasteiger partial charge in [0.15, 0.2) is 0 Å². The lowest BCUT2D eigenvalue weighted by Crippen LogP contribution is -2.56. The molecule has 0 radical (unpaired) electrons. The van der Waals surface area contributed by atoms with E-state index < -0.39 is 5.54 Å². The van der Waals surface area contributed by atoms with Crippen LogP contribution in [0.15, 0.2) is 0 Å². The average molecular weight is 186 g/mol. The van der Waals surface area contributed by atoms with Crippen molar-refractivity contribution in [1.29, 1.82) is 0 Å². The molecule has 0 saturated carbocycles. The third kappa shape index (κ3) is 1.98. The van der Waals surface area contributed by atoms with Crippen LogP contribution >= 0.6 is 0 Å². The Kier molecular flexibility index (Phi) is 2.87. The lowest BCUT2D eigenvalue weighted by atomic mass is 9.88. The molecule has 74 valence electrons. The average Bonchev–Trinajstić information content (AvgIpc) is 2.12. The normalized spacial score (nSPS) is 28.8. The van der Waals surface area contributed by atoms with Crippen LogP contribution in [0.25, 0.3) is 0 Å². The quantitative estimate of drug-likeness (QED) is 0.539. The topological polar surface area (TPSA) is 69.6 Å². The fourth-order valence-electron chi connectivity index (χ4n) is 1.45. The van der Waals surface area contributed by atoms with Crippen LogP contribution in [0.4, 0.5) is 0 Å². The summed E-state index contributed by atoms with van der Waals surface area (Å²) in [5.74, 6) is -0.0466. The van der Waals surface area contributed by atoms with Crippen LogP contribution in [0, 0.1) is 0 Å². The molecule has 5 nitrogen and oxygen atoms in total. The fourth-order valence-corrected chi connectivity index (χ4v) is 1.45. The van der Waals surface area contributed by atoms with Gasteiger partial charge in [-0.05, 0) is 6.42 Å². The molecular formula is C8H14N2O3. The lowest BCUT2D eigenvalue weighted by molar-refractivity contribution is -0.136. The summed E-state index contributed by atoms with van der Waals surface area (Å²) >= 11 is 0. The predicted octanol–water partition coefficient (Wildman–Crippen LogP) is -1.28. The Morgan fingerprint density at radius 2 is 2.46 bits per heavy atom. The number of aliphatic hydroxyl groups is 1. The molecule has 13 heavy (non-hydrogen) atoms. The fraction of sp³-hybridized carbons (Fsp3) is 0.750. The molecule has 1 rings (SSSR count). The second kappa shape index (κ2) is 3.74.